The van der Waals surface area contributed by atoms with Crippen molar-refractivity contribution in [3.63, 3.8) is 0 Å². The van der Waals surface area contributed by atoms with Crippen molar-refractivity contribution in [3.8, 4) is 0 Å². The maximum Gasteiger partial charge on any atom is 0.0596 e. The number of likely N-dealkylation sites (tertiary alicyclic amines) is 1. The van der Waals surface area contributed by atoms with Gasteiger partial charge in [0.05, 0.1) is 12.7 Å². The Hall–Kier alpha value is -0.160. The molecule has 2 aliphatic heterocycles. The second-order valence-electron chi connectivity index (χ2n) is 11.1. The van der Waals surface area contributed by atoms with Crippen LogP contribution in [-0.4, -0.2) is 84.8 Å². The first kappa shape index (κ1) is 24.1. The van der Waals surface area contributed by atoms with Gasteiger partial charge in [0, 0.05) is 44.3 Å². The summed E-state index contributed by atoms with van der Waals surface area (Å²) in [7, 11) is 0. The van der Waals surface area contributed by atoms with Crippen molar-refractivity contribution in [1.29, 1.82) is 0 Å². The topological polar surface area (TPSA) is 19.0 Å². The number of rotatable bonds is 9. The van der Waals surface area contributed by atoms with Gasteiger partial charge in [-0.1, -0.05) is 13.8 Å². The summed E-state index contributed by atoms with van der Waals surface area (Å²) >= 11 is 0. The van der Waals surface area contributed by atoms with Crippen LogP contribution in [0.25, 0.3) is 0 Å². The largest absolute Gasteiger partial charge is 0.377 e. The molecule has 0 radical (unpaired) electrons. The highest BCUT2D eigenvalue weighted by Crippen LogP contribution is 2.42. The highest BCUT2D eigenvalue weighted by atomic mass is 16.5. The molecule has 4 nitrogen and oxygen atoms in total. The lowest BCUT2D eigenvalue weighted by atomic mass is 9.67. The van der Waals surface area contributed by atoms with Gasteiger partial charge in [0.25, 0.3) is 0 Å². The second-order valence-corrected chi connectivity index (χ2v) is 11.1. The van der Waals surface area contributed by atoms with Crippen LogP contribution >= 0.6 is 0 Å². The summed E-state index contributed by atoms with van der Waals surface area (Å²) in [5.74, 6) is 0.858. The van der Waals surface area contributed by atoms with Crippen molar-refractivity contribution in [2.24, 2.45) is 11.3 Å². The molecule has 2 heterocycles. The molecule has 0 aromatic heterocycles. The van der Waals surface area contributed by atoms with Gasteiger partial charge in [0.15, 0.2) is 0 Å². The summed E-state index contributed by atoms with van der Waals surface area (Å²) in [6.07, 6.45) is 4.37. The molecule has 0 saturated carbocycles. The van der Waals surface area contributed by atoms with Gasteiger partial charge in [-0.3, -0.25) is 9.80 Å². The third-order valence-electron chi connectivity index (χ3n) is 7.34. The summed E-state index contributed by atoms with van der Waals surface area (Å²) in [6, 6.07) is 0.697. The summed E-state index contributed by atoms with van der Waals surface area (Å²) in [5, 5.41) is 0. The van der Waals surface area contributed by atoms with Crippen LogP contribution in [0.4, 0.5) is 0 Å². The van der Waals surface area contributed by atoms with Crippen molar-refractivity contribution in [2.75, 3.05) is 52.4 Å². The molecule has 0 N–H and O–H groups in total. The first-order valence-corrected chi connectivity index (χ1v) is 11.8. The average molecular weight is 396 g/mol. The number of piperazine rings is 1. The molecule has 0 unspecified atom stereocenters. The van der Waals surface area contributed by atoms with E-state index < -0.39 is 0 Å². The SMILES string of the molecule is CC(C)OCCN1CCN(C(C)(C)CC(C)(C)C2CCN(C(C)C)CC2)CC1. The average Bonchev–Trinajstić information content (AvgIpc) is 2.61. The van der Waals surface area contributed by atoms with Gasteiger partial charge in [0.2, 0.25) is 0 Å². The fourth-order valence-electron chi connectivity index (χ4n) is 5.56. The molecular formula is C24H49N3O. The van der Waals surface area contributed by atoms with E-state index in [2.05, 4.69) is 70.1 Å². The summed E-state index contributed by atoms with van der Waals surface area (Å²) in [5.41, 5.74) is 0.689. The number of hydrogen-bond acceptors (Lipinski definition) is 4. The van der Waals surface area contributed by atoms with Gasteiger partial charge in [-0.2, -0.15) is 0 Å². The van der Waals surface area contributed by atoms with Crippen LogP contribution in [0.15, 0.2) is 0 Å². The molecule has 28 heavy (non-hydrogen) atoms. The second kappa shape index (κ2) is 10.2. The van der Waals surface area contributed by atoms with E-state index in [0.717, 1.165) is 19.1 Å². The van der Waals surface area contributed by atoms with Crippen molar-refractivity contribution in [2.45, 2.75) is 92.3 Å². The van der Waals surface area contributed by atoms with Gasteiger partial charge in [-0.15, -0.1) is 0 Å². The van der Waals surface area contributed by atoms with Gasteiger partial charge >= 0.3 is 0 Å². The van der Waals surface area contributed by atoms with Crippen molar-refractivity contribution >= 4 is 0 Å². The predicted molar refractivity (Wildman–Crippen MR) is 121 cm³/mol. The van der Waals surface area contributed by atoms with E-state index in [1.807, 2.05) is 0 Å². The molecule has 0 aromatic rings. The normalized spacial score (nSPS) is 22.5. The Morgan fingerprint density at radius 1 is 0.857 bits per heavy atom. The van der Waals surface area contributed by atoms with Gasteiger partial charge in [0.1, 0.15) is 0 Å². The Labute approximate surface area is 176 Å². The molecule has 0 bridgehead atoms. The molecule has 2 fully saturated rings. The van der Waals surface area contributed by atoms with Crippen LogP contribution in [0.5, 0.6) is 0 Å². The summed E-state index contributed by atoms with van der Waals surface area (Å²) < 4.78 is 5.74. The fourth-order valence-corrected chi connectivity index (χ4v) is 5.56. The van der Waals surface area contributed by atoms with Crippen LogP contribution in [0.1, 0.15) is 74.7 Å². The van der Waals surface area contributed by atoms with Crippen LogP contribution in [-0.2, 0) is 4.74 Å². The zero-order chi connectivity index (χ0) is 20.9. The molecule has 2 saturated heterocycles. The monoisotopic (exact) mass is 395 g/mol. The van der Waals surface area contributed by atoms with E-state index >= 15 is 0 Å². The molecular weight excluding hydrogens is 346 g/mol. The Morgan fingerprint density at radius 2 is 1.43 bits per heavy atom. The Kier molecular flexibility index (Phi) is 8.82. The third-order valence-corrected chi connectivity index (χ3v) is 7.34. The quantitative estimate of drug-likeness (QED) is 0.578. The van der Waals surface area contributed by atoms with Crippen molar-refractivity contribution < 1.29 is 4.74 Å². The van der Waals surface area contributed by atoms with E-state index in [1.54, 1.807) is 0 Å². The molecule has 0 aromatic carbocycles. The minimum Gasteiger partial charge on any atom is -0.377 e. The molecule has 2 rings (SSSR count). The first-order chi connectivity index (χ1) is 13.0. The summed E-state index contributed by atoms with van der Waals surface area (Å²) in [4.78, 5) is 7.97. The van der Waals surface area contributed by atoms with E-state index in [-0.39, 0.29) is 5.54 Å². The van der Waals surface area contributed by atoms with E-state index in [1.165, 1.54) is 58.5 Å². The van der Waals surface area contributed by atoms with Crippen LogP contribution in [0.3, 0.4) is 0 Å². The van der Waals surface area contributed by atoms with Crippen LogP contribution < -0.4 is 0 Å². The van der Waals surface area contributed by atoms with E-state index in [0.29, 0.717) is 17.6 Å². The molecule has 4 heteroatoms. The van der Waals surface area contributed by atoms with Gasteiger partial charge in [-0.25, -0.2) is 0 Å². The van der Waals surface area contributed by atoms with Crippen molar-refractivity contribution in [3.05, 3.63) is 0 Å². The molecule has 0 atom stereocenters. The number of hydrogen-bond donors (Lipinski definition) is 0. The lowest BCUT2D eigenvalue weighted by molar-refractivity contribution is -0.00981. The Morgan fingerprint density at radius 3 is 1.93 bits per heavy atom. The summed E-state index contributed by atoms with van der Waals surface area (Å²) in [6.45, 7) is 28.2. The van der Waals surface area contributed by atoms with Gasteiger partial charge < -0.3 is 9.64 Å². The third kappa shape index (κ3) is 6.97. The lowest BCUT2D eigenvalue weighted by Crippen LogP contribution is -2.56. The zero-order valence-electron chi connectivity index (χ0n) is 20.3. The van der Waals surface area contributed by atoms with Gasteiger partial charge in [-0.05, 0) is 85.2 Å². The van der Waals surface area contributed by atoms with E-state index in [4.69, 9.17) is 4.74 Å². The van der Waals surface area contributed by atoms with Crippen LogP contribution in [0, 0.1) is 11.3 Å². The smallest absolute Gasteiger partial charge is 0.0596 e. The standard InChI is InChI=1S/C24H49N3O/c1-20(2)26-11-9-22(10-12-26)23(5,6)19-24(7,8)27-15-13-25(14-16-27)17-18-28-21(3)4/h20-22H,9-19H2,1-8H3. The lowest BCUT2D eigenvalue weighted by Gasteiger charge is -2.50. The number of piperidine rings is 1. The highest BCUT2D eigenvalue weighted by molar-refractivity contribution is 4.94. The Balaban J connectivity index is 1.81. The first-order valence-electron chi connectivity index (χ1n) is 11.8. The molecule has 0 amide bonds. The highest BCUT2D eigenvalue weighted by Gasteiger charge is 2.40. The number of ether oxygens (including phenoxy) is 1. The zero-order valence-corrected chi connectivity index (χ0v) is 20.3. The number of nitrogens with zero attached hydrogens (tertiary/aromatic N) is 3. The molecule has 0 spiro atoms. The predicted octanol–water partition coefficient (Wildman–Crippen LogP) is 4.34. The van der Waals surface area contributed by atoms with E-state index in [9.17, 15) is 0 Å². The maximum absolute atomic E-state index is 5.74. The fraction of sp³-hybridized carbons (Fsp3) is 1.00. The minimum atomic E-state index is 0.277. The Bertz CT molecular complexity index is 445. The molecule has 166 valence electrons. The molecule has 2 aliphatic rings. The van der Waals surface area contributed by atoms with Crippen LogP contribution in [0.2, 0.25) is 0 Å². The maximum atomic E-state index is 5.74. The minimum absolute atomic E-state index is 0.277. The molecule has 0 aliphatic carbocycles. The van der Waals surface area contributed by atoms with Crippen molar-refractivity contribution in [1.82, 2.24) is 14.7 Å².